The third-order valence-corrected chi connectivity index (χ3v) is 3.75. The molecule has 1 aliphatic rings. The van der Waals surface area contributed by atoms with Gasteiger partial charge in [-0.05, 0) is 12.1 Å². The fraction of sp³-hybridized carbons (Fsp3) is 0.545. The number of rotatable bonds is 4. The fourth-order valence-electron chi connectivity index (χ4n) is 1.88. The van der Waals surface area contributed by atoms with Gasteiger partial charge in [0.05, 0.1) is 0 Å². The predicted octanol–water partition coefficient (Wildman–Crippen LogP) is 1.24. The van der Waals surface area contributed by atoms with Crippen LogP contribution in [-0.4, -0.2) is 51.7 Å². The Kier molecular flexibility index (Phi) is 3.90. The number of carboxylic acid groups (broad SMARTS) is 1. The Labute approximate surface area is 99.2 Å². The minimum atomic E-state index is -0.848. The van der Waals surface area contributed by atoms with Crippen LogP contribution in [0.15, 0.2) is 18.3 Å². The highest BCUT2D eigenvalue weighted by molar-refractivity contribution is 7.99. The van der Waals surface area contributed by atoms with Crippen LogP contribution in [0.2, 0.25) is 0 Å². The first-order chi connectivity index (χ1) is 7.77. The molecule has 1 aromatic rings. The second-order valence-electron chi connectivity index (χ2n) is 3.85. The molecule has 1 aromatic heterocycles. The second-order valence-corrected chi connectivity index (χ2v) is 5.07. The normalized spacial score (nSPS) is 17.5. The van der Waals surface area contributed by atoms with E-state index in [-0.39, 0.29) is 0 Å². The van der Waals surface area contributed by atoms with Crippen LogP contribution in [0.25, 0.3) is 0 Å². The van der Waals surface area contributed by atoms with Gasteiger partial charge in [0.25, 0.3) is 0 Å². The second kappa shape index (κ2) is 5.41. The molecule has 2 heterocycles. The van der Waals surface area contributed by atoms with E-state index < -0.39 is 5.97 Å². The molecule has 1 saturated heterocycles. The zero-order valence-corrected chi connectivity index (χ0v) is 9.95. The van der Waals surface area contributed by atoms with Gasteiger partial charge in [-0.25, -0.2) is 4.79 Å². The van der Waals surface area contributed by atoms with Crippen molar-refractivity contribution in [1.29, 1.82) is 0 Å². The largest absolute Gasteiger partial charge is 0.477 e. The van der Waals surface area contributed by atoms with Crippen molar-refractivity contribution in [1.82, 2.24) is 9.47 Å². The van der Waals surface area contributed by atoms with Crippen LogP contribution >= 0.6 is 11.8 Å². The summed E-state index contributed by atoms with van der Waals surface area (Å²) < 4.78 is 1.81. The lowest BCUT2D eigenvalue weighted by Crippen LogP contribution is -2.35. The summed E-state index contributed by atoms with van der Waals surface area (Å²) in [7, 11) is 0. The van der Waals surface area contributed by atoms with Crippen LogP contribution in [0.3, 0.4) is 0 Å². The summed E-state index contributed by atoms with van der Waals surface area (Å²) in [5.41, 5.74) is 0.381. The maximum atomic E-state index is 10.9. The molecule has 0 radical (unpaired) electrons. The van der Waals surface area contributed by atoms with Gasteiger partial charge in [-0.2, -0.15) is 11.8 Å². The number of thioether (sulfide) groups is 1. The van der Waals surface area contributed by atoms with Crippen molar-refractivity contribution in [3.8, 4) is 0 Å². The van der Waals surface area contributed by atoms with Gasteiger partial charge in [-0.1, -0.05) is 0 Å². The Morgan fingerprint density at radius 1 is 1.38 bits per heavy atom. The number of hydrogen-bond donors (Lipinski definition) is 1. The van der Waals surface area contributed by atoms with E-state index in [0.717, 1.165) is 26.2 Å². The summed E-state index contributed by atoms with van der Waals surface area (Å²) in [4.78, 5) is 13.3. The van der Waals surface area contributed by atoms with Gasteiger partial charge in [-0.3, -0.25) is 4.90 Å². The van der Waals surface area contributed by atoms with Gasteiger partial charge < -0.3 is 9.67 Å². The number of hydrogen-bond acceptors (Lipinski definition) is 3. The molecule has 4 nitrogen and oxygen atoms in total. The van der Waals surface area contributed by atoms with Gasteiger partial charge in [0.2, 0.25) is 0 Å². The van der Waals surface area contributed by atoms with Crippen LogP contribution in [0.5, 0.6) is 0 Å². The zero-order valence-electron chi connectivity index (χ0n) is 9.13. The monoisotopic (exact) mass is 240 g/mol. The molecular formula is C11H16N2O2S. The van der Waals surface area contributed by atoms with Crippen LogP contribution in [0, 0.1) is 0 Å². The molecule has 2 rings (SSSR count). The molecule has 0 aromatic carbocycles. The van der Waals surface area contributed by atoms with E-state index in [0.29, 0.717) is 5.69 Å². The summed E-state index contributed by atoms with van der Waals surface area (Å²) in [6, 6.07) is 3.43. The Balaban J connectivity index is 1.88. The van der Waals surface area contributed by atoms with Gasteiger partial charge in [0.15, 0.2) is 0 Å². The average molecular weight is 240 g/mol. The van der Waals surface area contributed by atoms with Crippen LogP contribution in [0.4, 0.5) is 0 Å². The minimum absolute atomic E-state index is 0.381. The molecular weight excluding hydrogens is 224 g/mol. The number of aromatic nitrogens is 1. The highest BCUT2D eigenvalue weighted by Gasteiger charge is 2.12. The SMILES string of the molecule is O=C(O)c1cccn1CCN1CCSCC1. The molecule has 0 saturated carbocycles. The summed E-state index contributed by atoms with van der Waals surface area (Å²) in [5, 5.41) is 8.95. The van der Waals surface area contributed by atoms with Gasteiger partial charge in [0, 0.05) is 43.9 Å². The maximum Gasteiger partial charge on any atom is 0.352 e. The first-order valence-electron chi connectivity index (χ1n) is 5.46. The van der Waals surface area contributed by atoms with E-state index in [1.54, 1.807) is 12.1 Å². The molecule has 1 N–H and O–H groups in total. The average Bonchev–Trinajstić information content (AvgIpc) is 2.76. The number of carbonyl (C=O) groups is 1. The van der Waals surface area contributed by atoms with E-state index in [4.69, 9.17) is 5.11 Å². The lowest BCUT2D eigenvalue weighted by molar-refractivity contribution is 0.0684. The third-order valence-electron chi connectivity index (χ3n) is 2.81. The molecule has 0 unspecified atom stereocenters. The van der Waals surface area contributed by atoms with Gasteiger partial charge in [0.1, 0.15) is 5.69 Å². The Morgan fingerprint density at radius 2 is 2.12 bits per heavy atom. The van der Waals surface area contributed by atoms with Crippen molar-refractivity contribution in [2.45, 2.75) is 6.54 Å². The molecule has 16 heavy (non-hydrogen) atoms. The van der Waals surface area contributed by atoms with Crippen LogP contribution in [0.1, 0.15) is 10.5 Å². The quantitative estimate of drug-likeness (QED) is 0.860. The Bertz CT molecular complexity index is 359. The highest BCUT2D eigenvalue weighted by Crippen LogP contribution is 2.09. The lowest BCUT2D eigenvalue weighted by Gasteiger charge is -2.26. The van der Waals surface area contributed by atoms with Crippen molar-refractivity contribution < 1.29 is 9.90 Å². The lowest BCUT2D eigenvalue weighted by atomic mass is 10.4. The van der Waals surface area contributed by atoms with Crippen molar-refractivity contribution in [3.05, 3.63) is 24.0 Å². The summed E-state index contributed by atoms with van der Waals surface area (Å²) in [6.07, 6.45) is 1.84. The smallest absolute Gasteiger partial charge is 0.352 e. The van der Waals surface area contributed by atoms with E-state index in [2.05, 4.69) is 4.90 Å². The number of nitrogens with zero attached hydrogens (tertiary/aromatic N) is 2. The molecule has 5 heteroatoms. The highest BCUT2D eigenvalue weighted by atomic mass is 32.2. The van der Waals surface area contributed by atoms with Crippen molar-refractivity contribution >= 4 is 17.7 Å². The summed E-state index contributed by atoms with van der Waals surface area (Å²) in [6.45, 7) is 3.94. The molecule has 0 atom stereocenters. The van der Waals surface area contributed by atoms with E-state index in [1.807, 2.05) is 22.5 Å². The molecule has 0 amide bonds. The molecule has 88 valence electrons. The van der Waals surface area contributed by atoms with Gasteiger partial charge >= 0.3 is 5.97 Å². The standard InChI is InChI=1S/C11H16N2O2S/c14-11(15)10-2-1-3-13(10)5-4-12-6-8-16-9-7-12/h1-3H,4-9H2,(H,14,15). The summed E-state index contributed by atoms with van der Waals surface area (Å²) in [5.74, 6) is 1.54. The Morgan fingerprint density at radius 3 is 2.81 bits per heavy atom. The minimum Gasteiger partial charge on any atom is -0.477 e. The van der Waals surface area contributed by atoms with E-state index in [9.17, 15) is 4.79 Å². The predicted molar refractivity (Wildman–Crippen MR) is 65.2 cm³/mol. The van der Waals surface area contributed by atoms with Crippen molar-refractivity contribution in [2.24, 2.45) is 0 Å². The topological polar surface area (TPSA) is 45.5 Å². The van der Waals surface area contributed by atoms with Crippen molar-refractivity contribution in [2.75, 3.05) is 31.1 Å². The third kappa shape index (κ3) is 2.80. The number of aromatic carboxylic acids is 1. The number of carboxylic acids is 1. The zero-order chi connectivity index (χ0) is 11.4. The maximum absolute atomic E-state index is 10.9. The molecule has 0 bridgehead atoms. The molecule has 0 aliphatic carbocycles. The van der Waals surface area contributed by atoms with E-state index >= 15 is 0 Å². The van der Waals surface area contributed by atoms with E-state index in [1.165, 1.54) is 11.5 Å². The molecule has 1 fully saturated rings. The molecule has 1 aliphatic heterocycles. The summed E-state index contributed by atoms with van der Waals surface area (Å²) >= 11 is 1.99. The molecule has 0 spiro atoms. The van der Waals surface area contributed by atoms with Crippen LogP contribution in [-0.2, 0) is 6.54 Å². The van der Waals surface area contributed by atoms with Gasteiger partial charge in [-0.15, -0.1) is 0 Å². The Hall–Kier alpha value is -0.940. The fourth-order valence-corrected chi connectivity index (χ4v) is 2.86. The van der Waals surface area contributed by atoms with Crippen LogP contribution < -0.4 is 0 Å². The first-order valence-corrected chi connectivity index (χ1v) is 6.61. The van der Waals surface area contributed by atoms with Crippen molar-refractivity contribution in [3.63, 3.8) is 0 Å². The first kappa shape index (κ1) is 11.5.